The number of alkyl halides is 3. The van der Waals surface area contributed by atoms with Crippen molar-refractivity contribution in [1.82, 2.24) is 4.90 Å². The predicted octanol–water partition coefficient (Wildman–Crippen LogP) is 4.42. The Morgan fingerprint density at radius 1 is 1.03 bits per heavy atom. The van der Waals surface area contributed by atoms with Crippen molar-refractivity contribution in [3.63, 3.8) is 0 Å². The number of halogens is 3. The summed E-state index contributed by atoms with van der Waals surface area (Å²) in [4.78, 5) is 16.1. The predicted molar refractivity (Wildman–Crippen MR) is 133 cm³/mol. The summed E-state index contributed by atoms with van der Waals surface area (Å²) < 4.78 is 64.0. The molecule has 0 bridgehead atoms. The highest BCUT2D eigenvalue weighted by Crippen LogP contribution is 2.40. The average Bonchev–Trinajstić information content (AvgIpc) is 2.83. The zero-order valence-electron chi connectivity index (χ0n) is 20.2. The molecule has 2 aromatic carbocycles. The summed E-state index contributed by atoms with van der Waals surface area (Å²) in [6.45, 7) is 2.62. The molecule has 2 N–H and O–H groups in total. The van der Waals surface area contributed by atoms with Gasteiger partial charge in [0.15, 0.2) is 9.84 Å². The van der Waals surface area contributed by atoms with Gasteiger partial charge in [0.1, 0.15) is 0 Å². The maximum absolute atomic E-state index is 13.1. The second kappa shape index (κ2) is 10.4. The van der Waals surface area contributed by atoms with E-state index in [2.05, 4.69) is 9.80 Å². The third-order valence-electron chi connectivity index (χ3n) is 7.47. The fourth-order valence-electron chi connectivity index (χ4n) is 5.49. The molecule has 0 aromatic heterocycles. The van der Waals surface area contributed by atoms with E-state index in [1.165, 1.54) is 12.1 Å². The number of benzene rings is 2. The molecule has 36 heavy (non-hydrogen) atoms. The van der Waals surface area contributed by atoms with E-state index in [9.17, 15) is 26.4 Å². The van der Waals surface area contributed by atoms with Crippen molar-refractivity contribution < 1.29 is 26.4 Å². The Balaban J connectivity index is 1.54. The highest BCUT2D eigenvalue weighted by Gasteiger charge is 2.42. The highest BCUT2D eigenvalue weighted by atomic mass is 32.2. The molecule has 1 amide bonds. The lowest BCUT2D eigenvalue weighted by Crippen LogP contribution is -2.50. The number of piperazine rings is 1. The van der Waals surface area contributed by atoms with Crippen molar-refractivity contribution in [2.75, 3.05) is 37.3 Å². The summed E-state index contributed by atoms with van der Waals surface area (Å²) in [6, 6.07) is 14.6. The fraction of sp³-hybridized carbons (Fsp3) is 0.500. The standard InChI is InChI=1S/C26H32F3N3O3S/c1-36(34,35)24-15-21(11-12-22(24)25(30)33)31-13-14-32(23(17-31)19-5-3-2-4-6-19)16-18-7-9-20(10-8-18)26(27,28)29/h2-6,11-12,15,18,20,23H,7-10,13-14,16-17H2,1H3,(H2,30,33)/t18?,20?,23-/m0/s1. The summed E-state index contributed by atoms with van der Waals surface area (Å²) in [7, 11) is -3.67. The van der Waals surface area contributed by atoms with Crippen LogP contribution in [0.25, 0.3) is 0 Å². The van der Waals surface area contributed by atoms with Crippen LogP contribution < -0.4 is 10.6 Å². The summed E-state index contributed by atoms with van der Waals surface area (Å²) in [5.41, 5.74) is 7.14. The van der Waals surface area contributed by atoms with E-state index in [1.54, 1.807) is 6.07 Å². The minimum absolute atomic E-state index is 0.00205. The molecule has 1 saturated heterocycles. The van der Waals surface area contributed by atoms with E-state index < -0.39 is 27.8 Å². The molecular formula is C26H32F3N3O3S. The number of nitrogens with two attached hydrogens (primary N) is 1. The zero-order chi connectivity index (χ0) is 26.1. The fourth-order valence-corrected chi connectivity index (χ4v) is 6.39. The van der Waals surface area contributed by atoms with Crippen LogP contribution in [0, 0.1) is 11.8 Å². The molecule has 1 atom stereocenters. The van der Waals surface area contributed by atoms with E-state index in [4.69, 9.17) is 5.73 Å². The number of primary amides is 1. The van der Waals surface area contributed by atoms with Crippen molar-refractivity contribution >= 4 is 21.4 Å². The lowest BCUT2D eigenvalue weighted by atomic mass is 9.81. The number of sulfone groups is 1. The molecule has 1 saturated carbocycles. The number of amides is 1. The Morgan fingerprint density at radius 2 is 1.69 bits per heavy atom. The molecule has 1 heterocycles. The normalized spacial score (nSPS) is 24.0. The van der Waals surface area contributed by atoms with Gasteiger partial charge in [0.2, 0.25) is 5.91 Å². The number of carbonyl (C=O) groups excluding carboxylic acids is 1. The minimum atomic E-state index is -4.11. The van der Waals surface area contributed by atoms with Crippen LogP contribution in [0.15, 0.2) is 53.4 Å². The van der Waals surface area contributed by atoms with Crippen LogP contribution in [0.4, 0.5) is 18.9 Å². The van der Waals surface area contributed by atoms with Gasteiger partial charge in [-0.15, -0.1) is 0 Å². The molecule has 6 nitrogen and oxygen atoms in total. The van der Waals surface area contributed by atoms with E-state index in [0.717, 1.165) is 18.4 Å². The largest absolute Gasteiger partial charge is 0.391 e. The molecule has 0 radical (unpaired) electrons. The number of rotatable bonds is 6. The zero-order valence-corrected chi connectivity index (χ0v) is 21.1. The second-order valence-corrected chi connectivity index (χ2v) is 11.9. The summed E-state index contributed by atoms with van der Waals surface area (Å²) in [5.74, 6) is -1.77. The summed E-state index contributed by atoms with van der Waals surface area (Å²) >= 11 is 0. The van der Waals surface area contributed by atoms with Gasteiger partial charge in [0.05, 0.1) is 22.4 Å². The van der Waals surface area contributed by atoms with E-state index in [1.807, 2.05) is 30.3 Å². The van der Waals surface area contributed by atoms with Crippen molar-refractivity contribution in [1.29, 1.82) is 0 Å². The second-order valence-electron chi connectivity index (χ2n) is 9.94. The van der Waals surface area contributed by atoms with Gasteiger partial charge in [0.25, 0.3) is 0 Å². The third-order valence-corrected chi connectivity index (χ3v) is 8.61. The monoisotopic (exact) mass is 523 g/mol. The van der Waals surface area contributed by atoms with Gasteiger partial charge in [-0.2, -0.15) is 13.2 Å². The van der Waals surface area contributed by atoms with E-state index in [0.29, 0.717) is 38.2 Å². The molecule has 196 valence electrons. The van der Waals surface area contributed by atoms with E-state index >= 15 is 0 Å². The Hall–Kier alpha value is -2.59. The summed E-state index contributed by atoms with van der Waals surface area (Å²) in [6.07, 6.45) is -1.56. The number of nitrogens with zero attached hydrogens (tertiary/aromatic N) is 2. The van der Waals surface area contributed by atoms with Gasteiger partial charge in [-0.25, -0.2) is 8.42 Å². The first-order chi connectivity index (χ1) is 16.9. The minimum Gasteiger partial charge on any atom is -0.368 e. The van der Waals surface area contributed by atoms with Crippen molar-refractivity contribution in [2.45, 2.75) is 42.8 Å². The Bertz CT molecular complexity index is 1180. The SMILES string of the molecule is CS(=O)(=O)c1cc(N2CCN(CC3CCC(C(F)(F)F)CC3)[C@H](c3ccccc3)C2)ccc1C(N)=O. The molecule has 4 rings (SSSR count). The van der Waals surface area contributed by atoms with E-state index in [-0.39, 0.29) is 35.3 Å². The Labute approximate surface area is 210 Å². The van der Waals surface area contributed by atoms with Crippen LogP contribution in [0.5, 0.6) is 0 Å². The quantitative estimate of drug-likeness (QED) is 0.606. The van der Waals surface area contributed by atoms with Crippen LogP contribution in [0.1, 0.15) is 47.6 Å². The number of hydrogen-bond acceptors (Lipinski definition) is 5. The first-order valence-electron chi connectivity index (χ1n) is 12.2. The van der Waals surface area contributed by atoms with Crippen molar-refractivity contribution in [3.8, 4) is 0 Å². The molecule has 2 aromatic rings. The Morgan fingerprint density at radius 3 is 2.28 bits per heavy atom. The lowest BCUT2D eigenvalue weighted by molar-refractivity contribution is -0.184. The first kappa shape index (κ1) is 26.5. The first-order valence-corrected chi connectivity index (χ1v) is 14.1. The number of carbonyl (C=O) groups is 1. The van der Waals surface area contributed by atoms with Gasteiger partial charge in [-0.3, -0.25) is 9.69 Å². The third kappa shape index (κ3) is 6.03. The van der Waals surface area contributed by atoms with Crippen molar-refractivity contribution in [3.05, 3.63) is 59.7 Å². The molecule has 2 aliphatic rings. The highest BCUT2D eigenvalue weighted by molar-refractivity contribution is 7.90. The number of anilines is 1. The molecule has 2 fully saturated rings. The summed E-state index contributed by atoms with van der Waals surface area (Å²) in [5, 5.41) is 0. The maximum Gasteiger partial charge on any atom is 0.391 e. The molecular weight excluding hydrogens is 491 g/mol. The van der Waals surface area contributed by atoms with Crippen molar-refractivity contribution in [2.24, 2.45) is 17.6 Å². The maximum atomic E-state index is 13.1. The van der Waals surface area contributed by atoms with Crippen LogP contribution in [0.3, 0.4) is 0 Å². The lowest BCUT2D eigenvalue weighted by Gasteiger charge is -2.45. The molecule has 0 spiro atoms. The van der Waals surface area contributed by atoms with Gasteiger partial charge in [-0.1, -0.05) is 30.3 Å². The molecule has 10 heteroatoms. The van der Waals surface area contributed by atoms with Gasteiger partial charge in [0, 0.05) is 38.1 Å². The van der Waals surface area contributed by atoms with Crippen LogP contribution >= 0.6 is 0 Å². The molecule has 1 aliphatic carbocycles. The van der Waals surface area contributed by atoms with Gasteiger partial charge < -0.3 is 10.6 Å². The smallest absolute Gasteiger partial charge is 0.368 e. The van der Waals surface area contributed by atoms with Crippen LogP contribution in [-0.2, 0) is 9.84 Å². The number of hydrogen-bond donors (Lipinski definition) is 1. The Kier molecular flexibility index (Phi) is 7.66. The topological polar surface area (TPSA) is 83.7 Å². The average molecular weight is 524 g/mol. The van der Waals surface area contributed by atoms with Gasteiger partial charge >= 0.3 is 6.18 Å². The van der Waals surface area contributed by atoms with Gasteiger partial charge in [-0.05, 0) is 55.4 Å². The molecule has 0 unspecified atom stereocenters. The van der Waals surface area contributed by atoms with Crippen LogP contribution in [0.2, 0.25) is 0 Å². The van der Waals surface area contributed by atoms with Crippen LogP contribution in [-0.4, -0.2) is 57.8 Å². The molecule has 1 aliphatic heterocycles.